The molecule has 1 heterocycles. The second-order valence-corrected chi connectivity index (χ2v) is 6.87. The molecule has 1 N–H and O–H groups in total. The van der Waals surface area contributed by atoms with Crippen LogP contribution in [0.25, 0.3) is 0 Å². The number of carbonyl (C=O) groups excluding carboxylic acids is 1. The van der Waals surface area contributed by atoms with E-state index in [1.807, 2.05) is 24.3 Å². The van der Waals surface area contributed by atoms with E-state index in [4.69, 9.17) is 4.74 Å². The minimum atomic E-state index is -0.527. The summed E-state index contributed by atoms with van der Waals surface area (Å²) in [5.41, 5.74) is 0.990. The van der Waals surface area contributed by atoms with Crippen molar-refractivity contribution in [2.24, 2.45) is 0 Å². The smallest absolute Gasteiger partial charge is 0.282 e. The van der Waals surface area contributed by atoms with Gasteiger partial charge >= 0.3 is 0 Å². The van der Waals surface area contributed by atoms with Crippen molar-refractivity contribution in [1.82, 2.24) is 10.2 Å². The third kappa shape index (κ3) is 4.67. The molecule has 0 saturated carbocycles. The summed E-state index contributed by atoms with van der Waals surface area (Å²) < 4.78 is 5.24. The van der Waals surface area contributed by atoms with Gasteiger partial charge in [-0.1, -0.05) is 30.7 Å². The molecule has 0 bridgehead atoms. The number of nitro benzene ring substituents is 1. The average Bonchev–Trinajstić information content (AvgIpc) is 2.75. The Bertz CT molecular complexity index is 817. The molecular formula is C21H25N3O4. The van der Waals surface area contributed by atoms with Gasteiger partial charge in [0.25, 0.3) is 11.6 Å². The van der Waals surface area contributed by atoms with Crippen molar-refractivity contribution < 1.29 is 14.5 Å². The van der Waals surface area contributed by atoms with Gasteiger partial charge in [0.05, 0.1) is 18.1 Å². The SMILES string of the molecule is COc1ccc(C(CNC(=O)c2ccccc2[N+](=O)[O-])N2CCCCC2)cc1. The summed E-state index contributed by atoms with van der Waals surface area (Å²) in [6.07, 6.45) is 3.48. The normalized spacial score (nSPS) is 15.6. The highest BCUT2D eigenvalue weighted by atomic mass is 16.6. The minimum absolute atomic E-state index is 0.0120. The van der Waals surface area contributed by atoms with Gasteiger partial charge in [0.15, 0.2) is 0 Å². The minimum Gasteiger partial charge on any atom is -0.497 e. The van der Waals surface area contributed by atoms with Crippen LogP contribution in [0.4, 0.5) is 5.69 Å². The Hall–Kier alpha value is -2.93. The highest BCUT2D eigenvalue weighted by Crippen LogP contribution is 2.26. The van der Waals surface area contributed by atoms with Gasteiger partial charge in [-0.25, -0.2) is 0 Å². The van der Waals surface area contributed by atoms with Gasteiger partial charge in [-0.15, -0.1) is 0 Å². The first kappa shape index (κ1) is 19.8. The van der Waals surface area contributed by atoms with E-state index < -0.39 is 10.8 Å². The van der Waals surface area contributed by atoms with Crippen LogP contribution in [0.15, 0.2) is 48.5 Å². The zero-order chi connectivity index (χ0) is 19.9. The molecule has 1 amide bonds. The lowest BCUT2D eigenvalue weighted by Crippen LogP contribution is -2.40. The van der Waals surface area contributed by atoms with Gasteiger partial charge in [0, 0.05) is 12.6 Å². The molecule has 28 heavy (non-hydrogen) atoms. The Labute approximate surface area is 164 Å². The number of hydrogen-bond acceptors (Lipinski definition) is 5. The van der Waals surface area contributed by atoms with Crippen LogP contribution in [0.2, 0.25) is 0 Å². The molecule has 0 aromatic heterocycles. The first-order chi connectivity index (χ1) is 13.6. The number of piperidine rings is 1. The lowest BCUT2D eigenvalue weighted by Gasteiger charge is -2.35. The van der Waals surface area contributed by atoms with E-state index in [2.05, 4.69) is 10.2 Å². The maximum absolute atomic E-state index is 12.6. The molecule has 0 radical (unpaired) electrons. The molecule has 1 aliphatic heterocycles. The number of nitro groups is 1. The monoisotopic (exact) mass is 383 g/mol. The fraction of sp³-hybridized carbons (Fsp3) is 0.381. The number of likely N-dealkylation sites (tertiary alicyclic amines) is 1. The van der Waals surface area contributed by atoms with Crippen molar-refractivity contribution in [3.05, 3.63) is 69.8 Å². The summed E-state index contributed by atoms with van der Waals surface area (Å²) in [4.78, 5) is 25.7. The topological polar surface area (TPSA) is 84.7 Å². The van der Waals surface area contributed by atoms with Gasteiger partial charge in [-0.05, 0) is 49.7 Å². The zero-order valence-electron chi connectivity index (χ0n) is 16.0. The summed E-state index contributed by atoms with van der Waals surface area (Å²) in [6.45, 7) is 2.33. The molecule has 7 nitrogen and oxygen atoms in total. The molecule has 2 aromatic carbocycles. The molecule has 1 saturated heterocycles. The first-order valence-corrected chi connectivity index (χ1v) is 9.50. The summed E-state index contributed by atoms with van der Waals surface area (Å²) >= 11 is 0. The number of ether oxygens (including phenoxy) is 1. The van der Waals surface area contributed by atoms with Gasteiger partial charge in [-0.3, -0.25) is 19.8 Å². The van der Waals surface area contributed by atoms with Gasteiger partial charge in [0.2, 0.25) is 0 Å². The van der Waals surface area contributed by atoms with E-state index in [1.165, 1.54) is 18.6 Å². The molecule has 148 valence electrons. The van der Waals surface area contributed by atoms with Crippen molar-refractivity contribution in [2.45, 2.75) is 25.3 Å². The lowest BCUT2D eigenvalue weighted by atomic mass is 10.0. The maximum Gasteiger partial charge on any atom is 0.282 e. The van der Waals surface area contributed by atoms with Crippen LogP contribution < -0.4 is 10.1 Å². The van der Waals surface area contributed by atoms with E-state index in [-0.39, 0.29) is 17.3 Å². The van der Waals surface area contributed by atoms with E-state index in [9.17, 15) is 14.9 Å². The molecule has 1 fully saturated rings. The summed E-state index contributed by atoms with van der Waals surface area (Å²) in [5, 5.41) is 14.1. The third-order valence-corrected chi connectivity index (χ3v) is 5.13. The van der Waals surface area contributed by atoms with Crippen LogP contribution in [-0.4, -0.2) is 42.5 Å². The van der Waals surface area contributed by atoms with Gasteiger partial charge < -0.3 is 10.1 Å². The van der Waals surface area contributed by atoms with Crippen LogP contribution >= 0.6 is 0 Å². The van der Waals surface area contributed by atoms with Crippen LogP contribution in [0.5, 0.6) is 5.75 Å². The quantitative estimate of drug-likeness (QED) is 0.584. The summed E-state index contributed by atoms with van der Waals surface area (Å²) in [7, 11) is 1.63. The number of amides is 1. The summed E-state index contributed by atoms with van der Waals surface area (Å²) in [5.74, 6) is 0.355. The molecule has 1 atom stereocenters. The highest BCUT2D eigenvalue weighted by molar-refractivity contribution is 5.98. The number of hydrogen-bond donors (Lipinski definition) is 1. The average molecular weight is 383 g/mol. The number of rotatable bonds is 7. The Morgan fingerprint density at radius 2 is 1.82 bits per heavy atom. The molecule has 1 aliphatic rings. The Morgan fingerprint density at radius 3 is 2.46 bits per heavy atom. The lowest BCUT2D eigenvalue weighted by molar-refractivity contribution is -0.385. The zero-order valence-corrected chi connectivity index (χ0v) is 16.0. The van der Waals surface area contributed by atoms with Crippen molar-refractivity contribution >= 4 is 11.6 Å². The number of para-hydroxylation sites is 1. The highest BCUT2D eigenvalue weighted by Gasteiger charge is 2.25. The van der Waals surface area contributed by atoms with E-state index >= 15 is 0 Å². The van der Waals surface area contributed by atoms with Crippen LogP contribution in [0, 0.1) is 10.1 Å². The molecule has 1 unspecified atom stereocenters. The van der Waals surface area contributed by atoms with Crippen molar-refractivity contribution in [1.29, 1.82) is 0 Å². The van der Waals surface area contributed by atoms with Crippen LogP contribution in [0.3, 0.4) is 0 Å². The number of carbonyl (C=O) groups is 1. The standard InChI is InChI=1S/C21H25N3O4/c1-28-17-11-9-16(10-12-17)20(23-13-5-2-6-14-23)15-22-21(25)18-7-3-4-8-19(18)24(26)27/h3-4,7-12,20H,2,5-6,13-15H2,1H3,(H,22,25). The molecule has 2 aromatic rings. The molecule has 3 rings (SSSR count). The second kappa shape index (κ2) is 9.32. The number of methoxy groups -OCH3 is 1. The number of nitrogens with one attached hydrogen (secondary N) is 1. The maximum atomic E-state index is 12.6. The molecule has 0 aliphatic carbocycles. The Kier molecular flexibility index (Phi) is 6.60. The van der Waals surface area contributed by atoms with Gasteiger partial charge in [0.1, 0.15) is 11.3 Å². The molecule has 0 spiro atoms. The second-order valence-electron chi connectivity index (χ2n) is 6.87. The van der Waals surface area contributed by atoms with Crippen molar-refractivity contribution in [3.8, 4) is 5.75 Å². The fourth-order valence-electron chi connectivity index (χ4n) is 3.62. The van der Waals surface area contributed by atoms with Crippen molar-refractivity contribution in [2.75, 3.05) is 26.7 Å². The van der Waals surface area contributed by atoms with Crippen LogP contribution in [-0.2, 0) is 0 Å². The summed E-state index contributed by atoms with van der Waals surface area (Å²) in [6, 6.07) is 13.9. The van der Waals surface area contributed by atoms with Crippen molar-refractivity contribution in [3.63, 3.8) is 0 Å². The predicted molar refractivity (Wildman–Crippen MR) is 107 cm³/mol. The molecular weight excluding hydrogens is 358 g/mol. The van der Waals surface area contributed by atoms with Gasteiger partial charge in [-0.2, -0.15) is 0 Å². The third-order valence-electron chi connectivity index (χ3n) is 5.13. The predicted octanol–water partition coefficient (Wildman–Crippen LogP) is 3.56. The largest absolute Gasteiger partial charge is 0.497 e. The van der Waals surface area contributed by atoms with Crippen LogP contribution in [0.1, 0.15) is 41.2 Å². The first-order valence-electron chi connectivity index (χ1n) is 9.50. The van der Waals surface area contributed by atoms with E-state index in [0.717, 1.165) is 37.2 Å². The Morgan fingerprint density at radius 1 is 1.14 bits per heavy atom. The van der Waals surface area contributed by atoms with E-state index in [0.29, 0.717) is 6.54 Å². The molecule has 7 heteroatoms. The van der Waals surface area contributed by atoms with E-state index in [1.54, 1.807) is 19.2 Å². The fourth-order valence-corrected chi connectivity index (χ4v) is 3.62. The number of benzene rings is 2. The Balaban J connectivity index is 1.77. The number of nitrogens with zero attached hydrogens (tertiary/aromatic N) is 2.